The van der Waals surface area contributed by atoms with Gasteiger partial charge in [0.05, 0.1) is 11.6 Å². The maximum Gasteiger partial charge on any atom is 0.308 e. The van der Waals surface area contributed by atoms with Crippen molar-refractivity contribution >= 4 is 11.9 Å². The van der Waals surface area contributed by atoms with E-state index in [9.17, 15) is 14.7 Å². The maximum absolute atomic E-state index is 12.4. The Bertz CT molecular complexity index is 765. The lowest BCUT2D eigenvalue weighted by Crippen LogP contribution is -2.35. The van der Waals surface area contributed by atoms with Gasteiger partial charge in [-0.3, -0.25) is 14.3 Å². The molecular formula is C19H25N3O3. The molecule has 6 heteroatoms. The summed E-state index contributed by atoms with van der Waals surface area (Å²) in [7, 11) is 1.71. The van der Waals surface area contributed by atoms with Gasteiger partial charge in [0.25, 0.3) is 5.91 Å². The molecular weight excluding hydrogens is 318 g/mol. The first-order valence-electron chi connectivity index (χ1n) is 8.38. The zero-order chi connectivity index (χ0) is 18.6. The van der Waals surface area contributed by atoms with Crippen molar-refractivity contribution in [1.29, 1.82) is 0 Å². The number of nitrogens with zero attached hydrogens (tertiary/aromatic N) is 2. The van der Waals surface area contributed by atoms with E-state index in [0.717, 1.165) is 16.8 Å². The molecule has 0 aliphatic rings. The van der Waals surface area contributed by atoms with Gasteiger partial charge < -0.3 is 10.4 Å². The standard InChI is InChI=1S/C19H25N3O3/c1-12(2)16-10-17(22(4)21-16)18(23)20-11-15(19(24)25)9-14-7-5-6-13(3)8-14/h5-8,10,12,15H,9,11H2,1-4H3,(H,20,23)(H,24,25). The summed E-state index contributed by atoms with van der Waals surface area (Å²) in [6.45, 7) is 6.05. The molecule has 0 saturated heterocycles. The van der Waals surface area contributed by atoms with Crippen LogP contribution in [0.3, 0.4) is 0 Å². The topological polar surface area (TPSA) is 84.2 Å². The molecule has 0 saturated carbocycles. The van der Waals surface area contributed by atoms with E-state index in [1.165, 1.54) is 4.68 Å². The largest absolute Gasteiger partial charge is 0.481 e. The fourth-order valence-electron chi connectivity index (χ4n) is 2.66. The third kappa shape index (κ3) is 4.92. The number of aryl methyl sites for hydroxylation is 2. The number of amides is 1. The highest BCUT2D eigenvalue weighted by Gasteiger charge is 2.21. The van der Waals surface area contributed by atoms with Gasteiger partial charge in [-0.2, -0.15) is 5.10 Å². The molecule has 1 heterocycles. The van der Waals surface area contributed by atoms with Gasteiger partial charge in [0.2, 0.25) is 0 Å². The Morgan fingerprint density at radius 1 is 1.28 bits per heavy atom. The lowest BCUT2D eigenvalue weighted by molar-refractivity contribution is -0.141. The zero-order valence-corrected chi connectivity index (χ0v) is 15.1. The van der Waals surface area contributed by atoms with Gasteiger partial charge >= 0.3 is 5.97 Å². The van der Waals surface area contributed by atoms with E-state index in [4.69, 9.17) is 0 Å². The second-order valence-corrected chi connectivity index (χ2v) is 6.67. The van der Waals surface area contributed by atoms with E-state index in [-0.39, 0.29) is 18.4 Å². The molecule has 2 N–H and O–H groups in total. The quantitative estimate of drug-likeness (QED) is 0.809. The summed E-state index contributed by atoms with van der Waals surface area (Å²) in [6, 6.07) is 9.49. The average molecular weight is 343 g/mol. The van der Waals surface area contributed by atoms with E-state index < -0.39 is 11.9 Å². The summed E-state index contributed by atoms with van der Waals surface area (Å²) >= 11 is 0. The van der Waals surface area contributed by atoms with Gasteiger partial charge in [0.1, 0.15) is 5.69 Å². The molecule has 0 spiro atoms. The fourth-order valence-corrected chi connectivity index (χ4v) is 2.66. The molecule has 0 radical (unpaired) electrons. The Balaban J connectivity index is 2.03. The lowest BCUT2D eigenvalue weighted by Gasteiger charge is -2.14. The van der Waals surface area contributed by atoms with Crippen LogP contribution in [0.4, 0.5) is 0 Å². The van der Waals surface area contributed by atoms with Gasteiger partial charge in [-0.05, 0) is 30.9 Å². The lowest BCUT2D eigenvalue weighted by atomic mass is 9.98. The van der Waals surface area contributed by atoms with E-state index >= 15 is 0 Å². The van der Waals surface area contributed by atoms with Crippen LogP contribution in [-0.4, -0.2) is 33.3 Å². The number of carbonyl (C=O) groups excluding carboxylic acids is 1. The number of nitrogens with one attached hydrogen (secondary N) is 1. The summed E-state index contributed by atoms with van der Waals surface area (Å²) in [4.78, 5) is 23.9. The molecule has 1 aromatic heterocycles. The first-order valence-corrected chi connectivity index (χ1v) is 8.38. The highest BCUT2D eigenvalue weighted by Crippen LogP contribution is 2.14. The summed E-state index contributed by atoms with van der Waals surface area (Å²) < 4.78 is 1.53. The molecule has 1 amide bonds. The minimum absolute atomic E-state index is 0.0737. The van der Waals surface area contributed by atoms with Crippen molar-refractivity contribution in [3.05, 3.63) is 52.8 Å². The molecule has 2 rings (SSSR count). The van der Waals surface area contributed by atoms with Crippen LogP contribution < -0.4 is 5.32 Å². The van der Waals surface area contributed by atoms with Gasteiger partial charge in [0, 0.05) is 13.6 Å². The van der Waals surface area contributed by atoms with E-state index in [1.807, 2.05) is 45.0 Å². The van der Waals surface area contributed by atoms with Crippen LogP contribution >= 0.6 is 0 Å². The van der Waals surface area contributed by atoms with Crippen LogP contribution in [0.2, 0.25) is 0 Å². The van der Waals surface area contributed by atoms with Crippen molar-refractivity contribution in [1.82, 2.24) is 15.1 Å². The highest BCUT2D eigenvalue weighted by molar-refractivity contribution is 5.93. The van der Waals surface area contributed by atoms with Gasteiger partial charge in [-0.15, -0.1) is 0 Å². The third-order valence-corrected chi connectivity index (χ3v) is 4.15. The SMILES string of the molecule is Cc1cccc(CC(CNC(=O)c2cc(C(C)C)nn2C)C(=O)O)c1. The number of benzene rings is 1. The van der Waals surface area contributed by atoms with Crippen molar-refractivity contribution in [2.45, 2.75) is 33.1 Å². The number of hydrogen-bond donors (Lipinski definition) is 2. The molecule has 134 valence electrons. The molecule has 1 aromatic carbocycles. The van der Waals surface area contributed by atoms with Crippen molar-refractivity contribution in [3.63, 3.8) is 0 Å². The molecule has 6 nitrogen and oxygen atoms in total. The summed E-state index contributed by atoms with van der Waals surface area (Å²) in [5.41, 5.74) is 3.30. The third-order valence-electron chi connectivity index (χ3n) is 4.15. The number of rotatable bonds is 7. The van der Waals surface area contributed by atoms with Gasteiger partial charge in [-0.1, -0.05) is 43.7 Å². The summed E-state index contributed by atoms with van der Waals surface area (Å²) in [5.74, 6) is -1.68. The molecule has 0 aliphatic carbocycles. The van der Waals surface area contributed by atoms with Gasteiger partial charge in [0.15, 0.2) is 0 Å². The fraction of sp³-hybridized carbons (Fsp3) is 0.421. The van der Waals surface area contributed by atoms with Crippen LogP contribution in [0, 0.1) is 12.8 Å². The van der Waals surface area contributed by atoms with E-state index in [1.54, 1.807) is 13.1 Å². The van der Waals surface area contributed by atoms with Crippen molar-refractivity contribution < 1.29 is 14.7 Å². The Labute approximate surface area is 147 Å². The van der Waals surface area contributed by atoms with Crippen LogP contribution in [0.25, 0.3) is 0 Å². The van der Waals surface area contributed by atoms with Crippen LogP contribution in [0.15, 0.2) is 30.3 Å². The molecule has 1 unspecified atom stereocenters. The van der Waals surface area contributed by atoms with Crippen molar-refractivity contribution in [2.24, 2.45) is 13.0 Å². The minimum Gasteiger partial charge on any atom is -0.481 e. The second-order valence-electron chi connectivity index (χ2n) is 6.67. The number of carbonyl (C=O) groups is 2. The minimum atomic E-state index is -0.922. The number of hydrogen-bond acceptors (Lipinski definition) is 3. The average Bonchev–Trinajstić information content (AvgIpc) is 2.93. The van der Waals surface area contributed by atoms with Crippen molar-refractivity contribution in [3.8, 4) is 0 Å². The number of carboxylic acids is 1. The molecule has 2 aromatic rings. The zero-order valence-electron chi connectivity index (χ0n) is 15.1. The Kier molecular flexibility index (Phi) is 5.96. The summed E-state index contributed by atoms with van der Waals surface area (Å²) in [5, 5.41) is 16.5. The predicted molar refractivity (Wildman–Crippen MR) is 95.6 cm³/mol. The van der Waals surface area contributed by atoms with Crippen LogP contribution in [-0.2, 0) is 18.3 Å². The Morgan fingerprint density at radius 3 is 2.56 bits per heavy atom. The summed E-state index contributed by atoms with van der Waals surface area (Å²) in [6.07, 6.45) is 0.375. The first kappa shape index (κ1) is 18.7. The Hall–Kier alpha value is -2.63. The van der Waals surface area contributed by atoms with E-state index in [2.05, 4.69) is 10.4 Å². The van der Waals surface area contributed by atoms with E-state index in [0.29, 0.717) is 12.1 Å². The highest BCUT2D eigenvalue weighted by atomic mass is 16.4. The number of aromatic nitrogens is 2. The normalized spacial score (nSPS) is 12.2. The monoisotopic (exact) mass is 343 g/mol. The molecule has 0 bridgehead atoms. The molecule has 25 heavy (non-hydrogen) atoms. The smallest absolute Gasteiger partial charge is 0.308 e. The van der Waals surface area contributed by atoms with Gasteiger partial charge in [-0.25, -0.2) is 0 Å². The molecule has 0 aliphatic heterocycles. The van der Waals surface area contributed by atoms with Crippen LogP contribution in [0.5, 0.6) is 0 Å². The predicted octanol–water partition coefficient (Wildman–Crippen LogP) is 2.53. The molecule has 0 fully saturated rings. The maximum atomic E-state index is 12.4. The number of carboxylic acid groups (broad SMARTS) is 1. The van der Waals surface area contributed by atoms with Crippen LogP contribution in [0.1, 0.15) is 47.1 Å². The Morgan fingerprint density at radius 2 is 2.00 bits per heavy atom. The number of aliphatic carboxylic acids is 1. The molecule has 1 atom stereocenters. The second kappa shape index (κ2) is 7.96. The van der Waals surface area contributed by atoms with Crippen molar-refractivity contribution in [2.75, 3.05) is 6.54 Å². The first-order chi connectivity index (χ1) is 11.8.